The van der Waals surface area contributed by atoms with Gasteiger partial charge >= 0.3 is 29.2 Å². The van der Waals surface area contributed by atoms with Crippen molar-refractivity contribution in [1.29, 1.82) is 0 Å². The number of quaternary nitrogens is 1. The van der Waals surface area contributed by atoms with Crippen molar-refractivity contribution in [3.8, 4) is 0 Å². The van der Waals surface area contributed by atoms with Gasteiger partial charge in [-0.3, -0.25) is 0 Å². The Morgan fingerprint density at radius 1 is 0.838 bits per heavy atom. The molecule has 0 spiro atoms. The molecular weight excluding hydrogens is 593 g/mol. The van der Waals surface area contributed by atoms with Crippen molar-refractivity contribution in [3.63, 3.8) is 0 Å². The van der Waals surface area contributed by atoms with Gasteiger partial charge in [0.15, 0.2) is 0 Å². The van der Waals surface area contributed by atoms with Crippen LogP contribution in [0.15, 0.2) is 0 Å². The van der Waals surface area contributed by atoms with Crippen LogP contribution in [0, 0.1) is 0 Å². The number of sulfonamides is 1. The van der Waals surface area contributed by atoms with Crippen LogP contribution in [0.5, 0.6) is 0 Å². The van der Waals surface area contributed by atoms with Crippen LogP contribution in [0.4, 0.5) is 48.3 Å². The van der Waals surface area contributed by atoms with E-state index in [0.717, 1.165) is 0 Å². The SMILES string of the molecule is C[N+](C)(CCO)CCCN(CC(O)CS(=O)(=O)[O-])S(=O)(=O)C(F)(F)C(F)(F)C(F)(F)C(F)(F)C(F)(F)F. The molecule has 0 aromatic carbocycles. The van der Waals surface area contributed by atoms with Gasteiger partial charge in [-0.25, -0.2) is 16.8 Å². The van der Waals surface area contributed by atoms with Crippen molar-refractivity contribution in [2.24, 2.45) is 0 Å². The fourth-order valence-corrected chi connectivity index (χ4v) is 4.86. The quantitative estimate of drug-likeness (QED) is 0.160. The van der Waals surface area contributed by atoms with Crippen molar-refractivity contribution in [3.05, 3.63) is 0 Å². The number of likely N-dealkylation sites (N-methyl/N-ethyl adjacent to an activating group) is 1. The highest BCUT2D eigenvalue weighted by atomic mass is 32.2. The van der Waals surface area contributed by atoms with E-state index in [0.29, 0.717) is 0 Å². The molecule has 0 amide bonds. The maximum Gasteiger partial charge on any atom is 0.460 e. The number of hydrogen-bond donors (Lipinski definition) is 2. The maximum atomic E-state index is 14.4. The lowest BCUT2D eigenvalue weighted by Gasteiger charge is -2.38. The van der Waals surface area contributed by atoms with Crippen molar-refractivity contribution < 1.29 is 84.4 Å². The van der Waals surface area contributed by atoms with Gasteiger partial charge in [-0.2, -0.15) is 52.6 Å². The molecule has 0 aromatic rings. The average Bonchev–Trinajstić information content (AvgIpc) is 2.63. The summed E-state index contributed by atoms with van der Waals surface area (Å²) in [5.74, 6) is -25.7. The third-order valence-corrected chi connectivity index (χ3v) is 7.57. The molecule has 224 valence electrons. The standard InChI is InChI=1S/C15H23F11N2O7S2/c1-28(2,6-7-29)5-3-4-27(8-10(30)9-36(31,32)33)37(34,35)15(25,26)13(20,21)11(16,17)12(18,19)14(22,23)24/h10,29-30H,3-9H2,1-2H3. The first-order chi connectivity index (χ1) is 16.0. The normalized spacial score (nSPS) is 16.4. The molecule has 0 aliphatic heterocycles. The van der Waals surface area contributed by atoms with Gasteiger partial charge in [0.05, 0.1) is 49.2 Å². The minimum atomic E-state index is -8.03. The highest BCUT2D eigenvalue weighted by Crippen LogP contribution is 2.58. The van der Waals surface area contributed by atoms with Crippen LogP contribution in [-0.4, -0.2) is 128 Å². The Kier molecular flexibility index (Phi) is 10.9. The highest BCUT2D eigenvalue weighted by molar-refractivity contribution is 7.90. The second kappa shape index (κ2) is 11.2. The molecule has 0 rings (SSSR count). The minimum absolute atomic E-state index is 0.0588. The van der Waals surface area contributed by atoms with Crippen molar-refractivity contribution in [1.82, 2.24) is 4.31 Å². The van der Waals surface area contributed by atoms with E-state index in [2.05, 4.69) is 0 Å². The lowest BCUT2D eigenvalue weighted by molar-refractivity contribution is -0.890. The van der Waals surface area contributed by atoms with E-state index in [1.807, 2.05) is 0 Å². The zero-order chi connectivity index (χ0) is 30.1. The second-order valence-corrected chi connectivity index (χ2v) is 11.9. The van der Waals surface area contributed by atoms with Crippen LogP contribution in [0.2, 0.25) is 0 Å². The van der Waals surface area contributed by atoms with E-state index < -0.39 is 91.6 Å². The van der Waals surface area contributed by atoms with Crippen LogP contribution >= 0.6 is 0 Å². The molecule has 0 bridgehead atoms. The molecule has 9 nitrogen and oxygen atoms in total. The van der Waals surface area contributed by atoms with Gasteiger partial charge in [-0.05, 0) is 0 Å². The van der Waals surface area contributed by atoms with Gasteiger partial charge in [0.1, 0.15) is 6.54 Å². The third-order valence-electron chi connectivity index (χ3n) is 4.86. The van der Waals surface area contributed by atoms with Crippen LogP contribution in [0.25, 0.3) is 0 Å². The first-order valence-corrected chi connectivity index (χ1v) is 12.7. The first-order valence-electron chi connectivity index (χ1n) is 9.64. The monoisotopic (exact) mass is 616 g/mol. The van der Waals surface area contributed by atoms with Crippen LogP contribution in [0.3, 0.4) is 0 Å². The lowest BCUT2D eigenvalue weighted by Crippen LogP contribution is -2.69. The number of aliphatic hydroxyl groups is 2. The Balaban J connectivity index is 6.55. The summed E-state index contributed by atoms with van der Waals surface area (Å²) in [6.45, 7) is -4.19. The number of aliphatic hydroxyl groups excluding tert-OH is 2. The van der Waals surface area contributed by atoms with E-state index in [9.17, 15) is 74.8 Å². The Morgan fingerprint density at radius 3 is 1.68 bits per heavy atom. The predicted octanol–water partition coefficient (Wildman–Crippen LogP) is 1.04. The minimum Gasteiger partial charge on any atom is -0.748 e. The molecule has 1 unspecified atom stereocenters. The summed E-state index contributed by atoms with van der Waals surface area (Å²) in [4.78, 5) is 0. The van der Waals surface area contributed by atoms with Crippen molar-refractivity contribution in [2.45, 2.75) is 41.7 Å². The number of alkyl halides is 11. The molecule has 0 saturated heterocycles. The van der Waals surface area contributed by atoms with Crippen LogP contribution in [0.1, 0.15) is 6.42 Å². The molecule has 0 fully saturated rings. The van der Waals surface area contributed by atoms with Gasteiger partial charge < -0.3 is 19.2 Å². The summed E-state index contributed by atoms with van der Waals surface area (Å²) < 4.78 is 202. The molecule has 22 heteroatoms. The van der Waals surface area contributed by atoms with Crippen molar-refractivity contribution in [2.75, 3.05) is 52.6 Å². The number of nitrogens with zero attached hydrogens (tertiary/aromatic N) is 2. The van der Waals surface area contributed by atoms with Gasteiger partial charge in [0.25, 0.3) is 10.0 Å². The Labute approximate surface area is 203 Å². The van der Waals surface area contributed by atoms with Crippen LogP contribution < -0.4 is 0 Å². The fourth-order valence-electron chi connectivity index (χ4n) is 2.77. The first kappa shape index (κ1) is 35.9. The summed E-state index contributed by atoms with van der Waals surface area (Å²) in [5.41, 5.74) is 0. The summed E-state index contributed by atoms with van der Waals surface area (Å²) in [6, 6.07) is 0. The van der Waals surface area contributed by atoms with Crippen molar-refractivity contribution >= 4 is 20.1 Å². The van der Waals surface area contributed by atoms with E-state index in [1.165, 1.54) is 14.1 Å². The van der Waals surface area contributed by atoms with E-state index in [-0.39, 0.29) is 17.6 Å². The maximum absolute atomic E-state index is 14.4. The van der Waals surface area contributed by atoms with E-state index in [1.54, 1.807) is 0 Å². The zero-order valence-electron chi connectivity index (χ0n) is 18.8. The van der Waals surface area contributed by atoms with Gasteiger partial charge in [0.2, 0.25) is 0 Å². The molecule has 0 radical (unpaired) electrons. The van der Waals surface area contributed by atoms with E-state index in [4.69, 9.17) is 5.11 Å². The number of halogens is 11. The second-order valence-electron chi connectivity index (χ2n) is 8.44. The zero-order valence-corrected chi connectivity index (χ0v) is 20.5. The lowest BCUT2D eigenvalue weighted by atomic mass is 10.0. The highest BCUT2D eigenvalue weighted by Gasteiger charge is 2.89. The predicted molar refractivity (Wildman–Crippen MR) is 100 cm³/mol. The molecule has 37 heavy (non-hydrogen) atoms. The molecule has 0 aliphatic rings. The molecule has 1 atom stereocenters. The molecule has 2 N–H and O–H groups in total. The summed E-state index contributed by atoms with van der Waals surface area (Å²) >= 11 is 0. The Hall–Kier alpha value is -1.07. The molecule has 0 heterocycles. The fraction of sp³-hybridized carbons (Fsp3) is 1.00. The summed E-state index contributed by atoms with van der Waals surface area (Å²) in [5, 5.41) is 11.1. The molecule has 0 aliphatic carbocycles. The van der Waals surface area contributed by atoms with Gasteiger partial charge in [-0.1, -0.05) is 0 Å². The van der Waals surface area contributed by atoms with Gasteiger partial charge in [-0.15, -0.1) is 0 Å². The topological polar surface area (TPSA) is 135 Å². The van der Waals surface area contributed by atoms with Crippen LogP contribution in [-0.2, 0) is 20.1 Å². The average molecular weight is 616 g/mol. The molecule has 0 saturated carbocycles. The van der Waals surface area contributed by atoms with Gasteiger partial charge in [0, 0.05) is 19.5 Å². The summed E-state index contributed by atoms with van der Waals surface area (Å²) in [6.07, 6.45) is -10.9. The largest absolute Gasteiger partial charge is 0.748 e. The molecular formula is C15H23F11N2O7S2. The Bertz CT molecular complexity index is 987. The molecule has 0 aromatic heterocycles. The third kappa shape index (κ3) is 7.75. The number of rotatable bonds is 15. The smallest absolute Gasteiger partial charge is 0.460 e. The summed E-state index contributed by atoms with van der Waals surface area (Å²) in [7, 11) is -10.0. The Morgan fingerprint density at radius 2 is 1.30 bits per heavy atom. The number of hydrogen-bond acceptors (Lipinski definition) is 7. The van der Waals surface area contributed by atoms with E-state index >= 15 is 0 Å².